The lowest BCUT2D eigenvalue weighted by Gasteiger charge is -2.50. The quantitative estimate of drug-likeness (QED) is 0.927. The van der Waals surface area contributed by atoms with Gasteiger partial charge >= 0.3 is 0 Å². The topological polar surface area (TPSA) is 41.6 Å². The first-order valence-corrected chi connectivity index (χ1v) is 9.23. The van der Waals surface area contributed by atoms with Crippen molar-refractivity contribution in [3.05, 3.63) is 21.4 Å². The molecule has 5 heteroatoms. The fourth-order valence-corrected chi connectivity index (χ4v) is 5.47. The highest BCUT2D eigenvalue weighted by atomic mass is 32.1. The smallest absolute Gasteiger partial charge is 0.261 e. The van der Waals surface area contributed by atoms with Crippen LogP contribution in [0.2, 0.25) is 0 Å². The van der Waals surface area contributed by atoms with Crippen molar-refractivity contribution in [2.24, 2.45) is 5.92 Å². The number of nitrogens with one attached hydrogen (secondary N) is 1. The van der Waals surface area contributed by atoms with Crippen LogP contribution in [-0.2, 0) is 17.6 Å². The standard InChI is InChI=1S/C17H24N2O2S/c1-19(2)14-13(12-7-8-21-15(12)14)18-17(20)16-11-6-4-3-5-10(11)9-22-16/h9,12-15H,3-8H2,1-2H3,(H,18,20)/t12-,13+,14-,15-/m1/s1. The molecule has 22 heavy (non-hydrogen) atoms. The number of aryl methyl sites for hydroxylation is 1. The highest BCUT2D eigenvalue weighted by Crippen LogP contribution is 2.41. The minimum Gasteiger partial charge on any atom is -0.376 e. The Kier molecular flexibility index (Phi) is 3.75. The number of nitrogens with zero attached hydrogens (tertiary/aromatic N) is 1. The number of carbonyl (C=O) groups is 1. The first kappa shape index (κ1) is 14.7. The van der Waals surface area contributed by atoms with Crippen LogP contribution in [-0.4, -0.2) is 49.7 Å². The summed E-state index contributed by atoms with van der Waals surface area (Å²) in [6, 6.07) is 0.545. The Morgan fingerprint density at radius 2 is 2.18 bits per heavy atom. The van der Waals surface area contributed by atoms with Crippen LogP contribution in [0.1, 0.15) is 40.1 Å². The predicted octanol–water partition coefficient (Wildman–Crippen LogP) is 2.07. The minimum atomic E-state index is 0.135. The molecule has 4 rings (SSSR count). The third-order valence-corrected chi connectivity index (χ3v) is 6.62. The lowest BCUT2D eigenvalue weighted by atomic mass is 9.71. The molecular weight excluding hydrogens is 296 g/mol. The fraction of sp³-hybridized carbons (Fsp3) is 0.706. The van der Waals surface area contributed by atoms with E-state index in [4.69, 9.17) is 4.74 Å². The van der Waals surface area contributed by atoms with Crippen LogP contribution in [0.5, 0.6) is 0 Å². The van der Waals surface area contributed by atoms with Gasteiger partial charge in [-0.25, -0.2) is 0 Å². The maximum absolute atomic E-state index is 12.8. The van der Waals surface area contributed by atoms with Crippen LogP contribution in [0.25, 0.3) is 0 Å². The molecule has 0 aromatic carbocycles. The summed E-state index contributed by atoms with van der Waals surface area (Å²) in [5.41, 5.74) is 2.72. The molecule has 1 aromatic rings. The number of amides is 1. The average Bonchev–Trinajstić information content (AvgIpc) is 3.08. The van der Waals surface area contributed by atoms with Gasteiger partial charge in [-0.05, 0) is 62.7 Å². The van der Waals surface area contributed by atoms with Gasteiger partial charge in [0.15, 0.2) is 0 Å². The maximum atomic E-state index is 12.8. The first-order chi connectivity index (χ1) is 10.7. The summed E-state index contributed by atoms with van der Waals surface area (Å²) in [4.78, 5) is 15.9. The van der Waals surface area contributed by atoms with E-state index in [1.807, 2.05) is 0 Å². The van der Waals surface area contributed by atoms with Gasteiger partial charge in [-0.2, -0.15) is 0 Å². The van der Waals surface area contributed by atoms with Gasteiger partial charge in [0, 0.05) is 12.5 Å². The number of hydrogen-bond donors (Lipinski definition) is 1. The summed E-state index contributed by atoms with van der Waals surface area (Å²) < 4.78 is 5.83. The van der Waals surface area contributed by atoms with Crippen LogP contribution in [0.3, 0.4) is 0 Å². The molecule has 0 bridgehead atoms. The third-order valence-electron chi connectivity index (χ3n) is 5.55. The van der Waals surface area contributed by atoms with Gasteiger partial charge in [-0.3, -0.25) is 4.79 Å². The molecule has 4 nitrogen and oxygen atoms in total. The fourth-order valence-electron chi connectivity index (χ4n) is 4.41. The highest BCUT2D eigenvalue weighted by molar-refractivity contribution is 7.12. The highest BCUT2D eigenvalue weighted by Gasteiger charge is 2.55. The molecule has 1 aromatic heterocycles. The molecule has 1 N–H and O–H groups in total. The Balaban J connectivity index is 1.51. The molecule has 0 unspecified atom stereocenters. The Hall–Kier alpha value is -0.910. The maximum Gasteiger partial charge on any atom is 0.261 e. The zero-order valence-corrected chi connectivity index (χ0v) is 14.1. The number of hydrogen-bond acceptors (Lipinski definition) is 4. The Morgan fingerprint density at radius 3 is 3.00 bits per heavy atom. The van der Waals surface area contributed by atoms with E-state index in [0.717, 1.165) is 30.7 Å². The summed E-state index contributed by atoms with van der Waals surface area (Å²) in [6.07, 6.45) is 6.06. The molecule has 1 aliphatic heterocycles. The summed E-state index contributed by atoms with van der Waals surface area (Å²) in [5, 5.41) is 5.51. The molecule has 3 aliphatic rings. The van der Waals surface area contributed by atoms with E-state index in [1.54, 1.807) is 11.3 Å². The van der Waals surface area contributed by atoms with Crippen LogP contribution < -0.4 is 5.32 Å². The number of thiophene rings is 1. The van der Waals surface area contributed by atoms with Crippen molar-refractivity contribution < 1.29 is 9.53 Å². The van der Waals surface area contributed by atoms with Crippen LogP contribution in [0, 0.1) is 5.92 Å². The van der Waals surface area contributed by atoms with Crippen molar-refractivity contribution in [2.75, 3.05) is 20.7 Å². The lowest BCUT2D eigenvalue weighted by Crippen LogP contribution is -2.69. The molecule has 1 saturated heterocycles. The van der Waals surface area contributed by atoms with Gasteiger partial charge in [0.2, 0.25) is 0 Å². The second-order valence-corrected chi connectivity index (χ2v) is 7.90. The van der Waals surface area contributed by atoms with Gasteiger partial charge in [-0.1, -0.05) is 0 Å². The largest absolute Gasteiger partial charge is 0.376 e. The molecule has 2 heterocycles. The van der Waals surface area contributed by atoms with Crippen molar-refractivity contribution in [1.82, 2.24) is 10.2 Å². The monoisotopic (exact) mass is 320 g/mol. The van der Waals surface area contributed by atoms with E-state index >= 15 is 0 Å². The molecule has 2 aliphatic carbocycles. The molecular formula is C17H24N2O2S. The minimum absolute atomic E-state index is 0.135. The molecule has 0 spiro atoms. The van der Waals surface area contributed by atoms with Crippen molar-refractivity contribution in [1.29, 1.82) is 0 Å². The van der Waals surface area contributed by atoms with Crippen molar-refractivity contribution in [2.45, 2.75) is 50.3 Å². The van der Waals surface area contributed by atoms with Gasteiger partial charge in [0.25, 0.3) is 5.91 Å². The normalized spacial score (nSPS) is 33.2. The van der Waals surface area contributed by atoms with E-state index in [2.05, 4.69) is 29.7 Å². The average molecular weight is 320 g/mol. The van der Waals surface area contributed by atoms with Gasteiger partial charge in [-0.15, -0.1) is 11.3 Å². The number of likely N-dealkylation sites (N-methyl/N-ethyl adjacent to an activating group) is 1. The second-order valence-electron chi connectivity index (χ2n) is 7.02. The number of fused-ring (bicyclic) bond motifs is 2. The molecule has 1 amide bonds. The van der Waals surface area contributed by atoms with E-state index in [1.165, 1.54) is 24.0 Å². The molecule has 2 fully saturated rings. The van der Waals surface area contributed by atoms with Crippen molar-refractivity contribution in [3.8, 4) is 0 Å². The van der Waals surface area contributed by atoms with E-state index in [0.29, 0.717) is 18.1 Å². The molecule has 1 saturated carbocycles. The second kappa shape index (κ2) is 5.62. The lowest BCUT2D eigenvalue weighted by molar-refractivity contribution is -0.0663. The molecule has 4 atom stereocenters. The summed E-state index contributed by atoms with van der Waals surface area (Å²) in [7, 11) is 4.16. The summed E-state index contributed by atoms with van der Waals surface area (Å²) in [5.74, 6) is 0.627. The summed E-state index contributed by atoms with van der Waals surface area (Å²) >= 11 is 1.63. The molecule has 0 radical (unpaired) electrons. The van der Waals surface area contributed by atoms with Crippen LogP contribution in [0.4, 0.5) is 0 Å². The number of ether oxygens (including phenoxy) is 1. The van der Waals surface area contributed by atoms with Crippen LogP contribution >= 0.6 is 11.3 Å². The van der Waals surface area contributed by atoms with Gasteiger partial charge < -0.3 is 15.0 Å². The van der Waals surface area contributed by atoms with E-state index in [-0.39, 0.29) is 11.9 Å². The number of rotatable bonds is 3. The van der Waals surface area contributed by atoms with Crippen LogP contribution in [0.15, 0.2) is 5.38 Å². The van der Waals surface area contributed by atoms with Gasteiger partial charge in [0.1, 0.15) is 0 Å². The van der Waals surface area contributed by atoms with E-state index < -0.39 is 0 Å². The van der Waals surface area contributed by atoms with Crippen molar-refractivity contribution in [3.63, 3.8) is 0 Å². The molecule has 120 valence electrons. The Labute approximate surface area is 135 Å². The Morgan fingerprint density at radius 1 is 1.36 bits per heavy atom. The predicted molar refractivity (Wildman–Crippen MR) is 87.5 cm³/mol. The number of carbonyl (C=O) groups excluding carboxylic acids is 1. The zero-order chi connectivity index (χ0) is 15.3. The summed E-state index contributed by atoms with van der Waals surface area (Å²) in [6.45, 7) is 0.834. The van der Waals surface area contributed by atoms with Gasteiger partial charge in [0.05, 0.1) is 23.1 Å². The first-order valence-electron chi connectivity index (χ1n) is 8.35. The van der Waals surface area contributed by atoms with Crippen molar-refractivity contribution >= 4 is 17.2 Å². The third kappa shape index (κ3) is 2.22. The van der Waals surface area contributed by atoms with E-state index in [9.17, 15) is 4.79 Å². The SMILES string of the molecule is CN(C)[C@@H]1[C@@H](NC(=O)c2scc3c2CCCC3)[C@H]2CCO[C@H]21. The Bertz CT molecular complexity index is 583. The zero-order valence-electron chi connectivity index (χ0n) is 13.3.